The summed E-state index contributed by atoms with van der Waals surface area (Å²) in [7, 11) is 3.96. The standard InChI is InChI=1S/C22H31Cl2N5O/c1-6-18(27-22(30)29(5)15-10-12-28(4)13-11-15)16-8-9-17(21(24)20(16)23)19(25-3)14-26-7-2/h7-9,14-15,18H,3,6,10-13H2,1-2,4-5H3,(H,27,30)/b19-14-,26-7-/t18-/m1/s1. The summed E-state index contributed by atoms with van der Waals surface area (Å²) in [5.74, 6) is 0. The monoisotopic (exact) mass is 451 g/mol. The molecular formula is C22H31Cl2N5O. The highest BCUT2D eigenvalue weighted by Crippen LogP contribution is 2.37. The van der Waals surface area contributed by atoms with Crippen LogP contribution in [0.5, 0.6) is 0 Å². The minimum absolute atomic E-state index is 0.0988. The molecule has 1 aromatic rings. The number of urea groups is 1. The second-order valence-electron chi connectivity index (χ2n) is 7.47. The third-order valence-electron chi connectivity index (χ3n) is 5.54. The molecule has 0 saturated carbocycles. The molecule has 0 spiro atoms. The highest BCUT2D eigenvalue weighted by molar-refractivity contribution is 6.43. The molecule has 1 aliphatic rings. The molecule has 2 amide bonds. The van der Waals surface area contributed by atoms with Crippen LogP contribution in [-0.2, 0) is 0 Å². The van der Waals surface area contributed by atoms with E-state index in [4.69, 9.17) is 23.2 Å². The Bertz CT molecular complexity index is 816. The number of carbonyl (C=O) groups excluding carboxylic acids is 1. The molecule has 1 atom stereocenters. The average Bonchev–Trinajstić information content (AvgIpc) is 2.75. The second kappa shape index (κ2) is 11.5. The van der Waals surface area contributed by atoms with Gasteiger partial charge in [-0.3, -0.25) is 9.98 Å². The van der Waals surface area contributed by atoms with Crippen molar-refractivity contribution in [2.24, 2.45) is 9.98 Å². The first kappa shape index (κ1) is 24.4. The zero-order chi connectivity index (χ0) is 22.3. The van der Waals surface area contributed by atoms with E-state index < -0.39 is 0 Å². The summed E-state index contributed by atoms with van der Waals surface area (Å²) >= 11 is 13.2. The molecule has 1 saturated heterocycles. The van der Waals surface area contributed by atoms with Gasteiger partial charge in [0.1, 0.15) is 0 Å². The molecule has 1 aromatic carbocycles. The van der Waals surface area contributed by atoms with Crippen LogP contribution in [0.15, 0.2) is 28.3 Å². The van der Waals surface area contributed by atoms with Gasteiger partial charge in [0.05, 0.1) is 28.0 Å². The molecule has 0 bridgehead atoms. The number of amides is 2. The third-order valence-corrected chi connectivity index (χ3v) is 6.44. The van der Waals surface area contributed by atoms with Gasteiger partial charge in [-0.1, -0.05) is 42.3 Å². The van der Waals surface area contributed by atoms with Crippen LogP contribution in [0.4, 0.5) is 4.79 Å². The Morgan fingerprint density at radius 1 is 1.37 bits per heavy atom. The molecular weight excluding hydrogens is 421 g/mol. The topological polar surface area (TPSA) is 60.3 Å². The van der Waals surface area contributed by atoms with E-state index in [1.807, 2.05) is 37.9 Å². The van der Waals surface area contributed by atoms with Gasteiger partial charge in [0.15, 0.2) is 0 Å². The molecule has 0 unspecified atom stereocenters. The fourth-order valence-electron chi connectivity index (χ4n) is 3.57. The van der Waals surface area contributed by atoms with E-state index >= 15 is 0 Å². The summed E-state index contributed by atoms with van der Waals surface area (Å²) in [6, 6.07) is 3.61. The Kier molecular flexibility index (Phi) is 9.34. The smallest absolute Gasteiger partial charge is 0.317 e. The van der Waals surface area contributed by atoms with Gasteiger partial charge in [-0.2, -0.15) is 0 Å². The first-order valence-corrected chi connectivity index (χ1v) is 10.9. The molecule has 2 rings (SSSR count). The van der Waals surface area contributed by atoms with Crippen LogP contribution in [0.3, 0.4) is 0 Å². The number of likely N-dealkylation sites (tertiary alicyclic amines) is 1. The summed E-state index contributed by atoms with van der Waals surface area (Å²) < 4.78 is 0. The number of hydrogen-bond donors (Lipinski definition) is 1. The van der Waals surface area contributed by atoms with Crippen molar-refractivity contribution >= 4 is 47.9 Å². The molecule has 30 heavy (non-hydrogen) atoms. The average molecular weight is 452 g/mol. The molecule has 6 nitrogen and oxygen atoms in total. The third kappa shape index (κ3) is 5.84. The lowest BCUT2D eigenvalue weighted by atomic mass is 10.0. The van der Waals surface area contributed by atoms with Crippen molar-refractivity contribution in [3.05, 3.63) is 39.5 Å². The Morgan fingerprint density at radius 2 is 2.03 bits per heavy atom. The molecule has 1 fully saturated rings. The number of aliphatic imine (C=N–C) groups is 2. The van der Waals surface area contributed by atoms with Crippen molar-refractivity contribution in [2.45, 2.75) is 45.2 Å². The fraction of sp³-hybridized carbons (Fsp3) is 0.500. The fourth-order valence-corrected chi connectivity index (χ4v) is 4.14. The van der Waals surface area contributed by atoms with Crippen LogP contribution in [0.2, 0.25) is 10.0 Å². The second-order valence-corrected chi connectivity index (χ2v) is 8.22. The predicted octanol–water partition coefficient (Wildman–Crippen LogP) is 5.27. The number of nitrogens with one attached hydrogen (secondary N) is 1. The summed E-state index contributed by atoms with van der Waals surface area (Å²) in [6.07, 6.45) is 5.87. The summed E-state index contributed by atoms with van der Waals surface area (Å²) in [6.45, 7) is 9.40. The van der Waals surface area contributed by atoms with Gasteiger partial charge in [0.2, 0.25) is 0 Å². The van der Waals surface area contributed by atoms with E-state index in [9.17, 15) is 4.79 Å². The quantitative estimate of drug-likeness (QED) is 0.573. The largest absolute Gasteiger partial charge is 0.331 e. The van der Waals surface area contributed by atoms with Crippen LogP contribution in [-0.4, -0.2) is 62.0 Å². The van der Waals surface area contributed by atoms with Gasteiger partial charge < -0.3 is 15.1 Å². The SMILES string of the molecule is C=N/C(=C\N=C/C)c1ccc([C@@H](CC)NC(=O)N(C)C2CCN(C)CC2)c(Cl)c1Cl. The van der Waals surface area contributed by atoms with Gasteiger partial charge in [0, 0.05) is 24.9 Å². The highest BCUT2D eigenvalue weighted by atomic mass is 35.5. The van der Waals surface area contributed by atoms with Gasteiger partial charge in [0.25, 0.3) is 0 Å². The first-order chi connectivity index (χ1) is 14.3. The number of carbonyl (C=O) groups is 1. The van der Waals surface area contributed by atoms with Crippen LogP contribution < -0.4 is 5.32 Å². The van der Waals surface area contributed by atoms with Crippen molar-refractivity contribution < 1.29 is 4.79 Å². The molecule has 1 aliphatic heterocycles. The molecule has 0 aliphatic carbocycles. The van der Waals surface area contributed by atoms with Crippen LogP contribution in [0.25, 0.3) is 5.70 Å². The maximum atomic E-state index is 12.9. The minimum atomic E-state index is -0.247. The zero-order valence-corrected chi connectivity index (χ0v) is 19.7. The summed E-state index contributed by atoms with van der Waals surface area (Å²) in [5, 5.41) is 3.88. The van der Waals surface area contributed by atoms with E-state index in [0.717, 1.165) is 31.5 Å². The lowest BCUT2D eigenvalue weighted by molar-refractivity contribution is 0.145. The van der Waals surface area contributed by atoms with E-state index in [0.29, 0.717) is 27.7 Å². The maximum Gasteiger partial charge on any atom is 0.317 e. The molecule has 8 heteroatoms. The predicted molar refractivity (Wildman–Crippen MR) is 128 cm³/mol. The normalized spacial score (nSPS) is 17.2. The van der Waals surface area contributed by atoms with Crippen LogP contribution in [0.1, 0.15) is 50.3 Å². The van der Waals surface area contributed by atoms with Gasteiger partial charge in [-0.25, -0.2) is 4.79 Å². The summed E-state index contributed by atoms with van der Waals surface area (Å²) in [4.78, 5) is 25.1. The van der Waals surface area contributed by atoms with Crippen molar-refractivity contribution in [1.29, 1.82) is 0 Å². The Labute approximate surface area is 189 Å². The molecule has 1 heterocycles. The van der Waals surface area contributed by atoms with Crippen molar-refractivity contribution in [2.75, 3.05) is 27.2 Å². The molecule has 0 aromatic heterocycles. The zero-order valence-electron chi connectivity index (χ0n) is 18.2. The minimum Gasteiger partial charge on any atom is -0.331 e. The van der Waals surface area contributed by atoms with Gasteiger partial charge in [-0.05, 0) is 58.6 Å². The van der Waals surface area contributed by atoms with Crippen molar-refractivity contribution in [3.63, 3.8) is 0 Å². The Balaban J connectivity index is 2.21. The van der Waals surface area contributed by atoms with E-state index in [1.165, 1.54) is 0 Å². The van der Waals surface area contributed by atoms with E-state index in [2.05, 4.69) is 34.0 Å². The highest BCUT2D eigenvalue weighted by Gasteiger charge is 2.26. The molecule has 1 N–H and O–H groups in total. The number of piperidine rings is 1. The molecule has 0 radical (unpaired) electrons. The number of hydrogen-bond acceptors (Lipinski definition) is 4. The van der Waals surface area contributed by atoms with E-state index in [-0.39, 0.29) is 18.1 Å². The molecule has 164 valence electrons. The van der Waals surface area contributed by atoms with Gasteiger partial charge >= 0.3 is 6.03 Å². The van der Waals surface area contributed by atoms with Crippen molar-refractivity contribution in [3.8, 4) is 0 Å². The number of rotatable bonds is 7. The van der Waals surface area contributed by atoms with Crippen molar-refractivity contribution in [1.82, 2.24) is 15.1 Å². The number of halogens is 2. The lowest BCUT2D eigenvalue weighted by Crippen LogP contribution is -2.48. The van der Waals surface area contributed by atoms with Crippen LogP contribution in [0, 0.1) is 0 Å². The summed E-state index contributed by atoms with van der Waals surface area (Å²) in [5.41, 5.74) is 1.96. The Hall–Kier alpha value is -1.89. The van der Waals surface area contributed by atoms with E-state index in [1.54, 1.807) is 12.4 Å². The first-order valence-electron chi connectivity index (χ1n) is 10.2. The lowest BCUT2D eigenvalue weighted by Gasteiger charge is -2.36. The van der Waals surface area contributed by atoms with Gasteiger partial charge in [-0.15, -0.1) is 0 Å². The Morgan fingerprint density at radius 3 is 2.60 bits per heavy atom. The maximum absolute atomic E-state index is 12.9. The number of nitrogens with zero attached hydrogens (tertiary/aromatic N) is 4. The number of benzene rings is 1. The van der Waals surface area contributed by atoms with Crippen LogP contribution >= 0.6 is 23.2 Å².